The number of piperidine rings is 1. The van der Waals surface area contributed by atoms with Crippen LogP contribution in [-0.2, 0) is 11.3 Å². The maximum absolute atomic E-state index is 11.6. The molecular formula is C13H19BrN4O2. The predicted octanol–water partition coefficient (Wildman–Crippen LogP) is 1.95. The number of ether oxygens (including phenoxy) is 1. The lowest BCUT2D eigenvalue weighted by atomic mass is 10.1. The van der Waals surface area contributed by atoms with Gasteiger partial charge in [-0.3, -0.25) is 4.98 Å². The van der Waals surface area contributed by atoms with Gasteiger partial charge in [-0.1, -0.05) is 0 Å². The fraction of sp³-hybridized carbons (Fsp3) is 0.615. The molecule has 1 amide bonds. The van der Waals surface area contributed by atoms with Crippen molar-refractivity contribution in [2.24, 2.45) is 0 Å². The van der Waals surface area contributed by atoms with Crippen LogP contribution in [-0.4, -0.2) is 46.7 Å². The Bertz CT molecular complexity index is 433. The normalized spacial score (nSPS) is 16.2. The van der Waals surface area contributed by atoms with Gasteiger partial charge in [0.25, 0.3) is 0 Å². The zero-order valence-electron chi connectivity index (χ0n) is 11.5. The molecule has 1 aromatic rings. The van der Waals surface area contributed by atoms with Gasteiger partial charge in [0.1, 0.15) is 4.60 Å². The Morgan fingerprint density at radius 3 is 2.80 bits per heavy atom. The number of likely N-dealkylation sites (tertiary alicyclic amines) is 1. The number of nitrogens with zero attached hydrogens (tertiary/aromatic N) is 3. The Kier molecular flexibility index (Phi) is 5.72. The summed E-state index contributed by atoms with van der Waals surface area (Å²) >= 11 is 3.26. The quantitative estimate of drug-likeness (QED) is 0.905. The number of aromatic nitrogens is 2. The molecule has 0 unspecified atom stereocenters. The van der Waals surface area contributed by atoms with Crippen molar-refractivity contribution in [1.29, 1.82) is 0 Å². The first-order chi connectivity index (χ1) is 9.69. The SMILES string of the molecule is CCOC(=O)N1CCC(NCc2cnc(Br)cn2)CC1. The molecule has 110 valence electrons. The highest BCUT2D eigenvalue weighted by Gasteiger charge is 2.23. The highest BCUT2D eigenvalue weighted by molar-refractivity contribution is 9.10. The second kappa shape index (κ2) is 7.54. The first-order valence-electron chi connectivity index (χ1n) is 6.80. The third-order valence-corrected chi connectivity index (χ3v) is 3.68. The Morgan fingerprint density at radius 1 is 1.45 bits per heavy atom. The van der Waals surface area contributed by atoms with E-state index in [-0.39, 0.29) is 6.09 Å². The maximum atomic E-state index is 11.6. The van der Waals surface area contributed by atoms with Gasteiger partial charge < -0.3 is 15.0 Å². The van der Waals surface area contributed by atoms with Crippen LogP contribution < -0.4 is 5.32 Å². The highest BCUT2D eigenvalue weighted by atomic mass is 79.9. The largest absolute Gasteiger partial charge is 0.450 e. The van der Waals surface area contributed by atoms with Crippen LogP contribution in [0.15, 0.2) is 17.0 Å². The summed E-state index contributed by atoms with van der Waals surface area (Å²) in [5.74, 6) is 0. The lowest BCUT2D eigenvalue weighted by molar-refractivity contribution is 0.0949. The molecule has 0 aliphatic carbocycles. The molecule has 1 saturated heterocycles. The van der Waals surface area contributed by atoms with Gasteiger partial charge in [-0.2, -0.15) is 0 Å². The van der Waals surface area contributed by atoms with Crippen molar-refractivity contribution in [2.75, 3.05) is 19.7 Å². The van der Waals surface area contributed by atoms with Crippen LogP contribution in [0.1, 0.15) is 25.5 Å². The highest BCUT2D eigenvalue weighted by Crippen LogP contribution is 2.12. The van der Waals surface area contributed by atoms with Crippen molar-refractivity contribution in [3.05, 3.63) is 22.7 Å². The smallest absolute Gasteiger partial charge is 0.409 e. The van der Waals surface area contributed by atoms with Crippen molar-refractivity contribution in [3.63, 3.8) is 0 Å². The molecule has 0 radical (unpaired) electrons. The van der Waals surface area contributed by atoms with Gasteiger partial charge in [0.2, 0.25) is 0 Å². The van der Waals surface area contributed by atoms with E-state index in [0.717, 1.165) is 36.2 Å². The Morgan fingerprint density at radius 2 is 2.20 bits per heavy atom. The second-order valence-electron chi connectivity index (χ2n) is 4.67. The van der Waals surface area contributed by atoms with E-state index in [9.17, 15) is 4.79 Å². The molecule has 1 N–H and O–H groups in total. The molecule has 20 heavy (non-hydrogen) atoms. The molecule has 0 spiro atoms. The minimum absolute atomic E-state index is 0.204. The number of hydrogen-bond donors (Lipinski definition) is 1. The summed E-state index contributed by atoms with van der Waals surface area (Å²) in [7, 11) is 0. The van der Waals surface area contributed by atoms with E-state index < -0.39 is 0 Å². The van der Waals surface area contributed by atoms with Crippen molar-refractivity contribution in [1.82, 2.24) is 20.2 Å². The first kappa shape index (κ1) is 15.2. The van der Waals surface area contributed by atoms with Gasteiger partial charge in [-0.15, -0.1) is 0 Å². The second-order valence-corrected chi connectivity index (χ2v) is 5.48. The maximum Gasteiger partial charge on any atom is 0.409 e. The Hall–Kier alpha value is -1.21. The Labute approximate surface area is 127 Å². The summed E-state index contributed by atoms with van der Waals surface area (Å²) in [6.45, 7) is 4.43. The molecule has 1 aliphatic rings. The topological polar surface area (TPSA) is 67.3 Å². The van der Waals surface area contributed by atoms with Gasteiger partial charge in [0, 0.05) is 25.7 Å². The number of amides is 1. The third kappa shape index (κ3) is 4.42. The summed E-state index contributed by atoms with van der Waals surface area (Å²) in [6.07, 6.45) is 5.11. The average molecular weight is 343 g/mol. The fourth-order valence-corrected chi connectivity index (χ4v) is 2.36. The van der Waals surface area contributed by atoms with Gasteiger partial charge >= 0.3 is 6.09 Å². The van der Waals surface area contributed by atoms with Crippen LogP contribution in [0.2, 0.25) is 0 Å². The molecule has 0 aromatic carbocycles. The van der Waals surface area contributed by atoms with Crippen LogP contribution >= 0.6 is 15.9 Å². The molecule has 0 bridgehead atoms. The molecule has 0 atom stereocenters. The number of carbonyl (C=O) groups is 1. The van der Waals surface area contributed by atoms with E-state index in [1.807, 2.05) is 6.92 Å². The summed E-state index contributed by atoms with van der Waals surface area (Å²) in [4.78, 5) is 21.8. The van der Waals surface area contributed by atoms with Crippen molar-refractivity contribution < 1.29 is 9.53 Å². The van der Waals surface area contributed by atoms with E-state index in [1.165, 1.54) is 0 Å². The zero-order valence-corrected chi connectivity index (χ0v) is 13.1. The molecule has 1 fully saturated rings. The van der Waals surface area contributed by atoms with E-state index in [0.29, 0.717) is 19.2 Å². The van der Waals surface area contributed by atoms with Gasteiger partial charge in [0.05, 0.1) is 24.7 Å². The van der Waals surface area contributed by atoms with E-state index in [4.69, 9.17) is 4.74 Å². The predicted molar refractivity (Wildman–Crippen MR) is 78.2 cm³/mol. The molecule has 0 saturated carbocycles. The molecule has 1 aliphatic heterocycles. The van der Waals surface area contributed by atoms with Crippen molar-refractivity contribution >= 4 is 22.0 Å². The van der Waals surface area contributed by atoms with E-state index >= 15 is 0 Å². The summed E-state index contributed by atoms with van der Waals surface area (Å²) < 4.78 is 5.74. The number of halogens is 1. The first-order valence-corrected chi connectivity index (χ1v) is 7.60. The summed E-state index contributed by atoms with van der Waals surface area (Å²) in [5, 5.41) is 3.45. The van der Waals surface area contributed by atoms with Gasteiger partial charge in [-0.05, 0) is 35.7 Å². The van der Waals surface area contributed by atoms with Crippen LogP contribution in [0.5, 0.6) is 0 Å². The monoisotopic (exact) mass is 342 g/mol. The van der Waals surface area contributed by atoms with Crippen LogP contribution in [0.25, 0.3) is 0 Å². The minimum atomic E-state index is -0.204. The van der Waals surface area contributed by atoms with E-state index in [2.05, 4.69) is 31.2 Å². The van der Waals surface area contributed by atoms with Crippen LogP contribution in [0.3, 0.4) is 0 Å². The van der Waals surface area contributed by atoms with Gasteiger partial charge in [0.15, 0.2) is 0 Å². The van der Waals surface area contributed by atoms with Crippen molar-refractivity contribution in [2.45, 2.75) is 32.4 Å². The molecule has 2 heterocycles. The molecular weight excluding hydrogens is 324 g/mol. The number of rotatable bonds is 4. The molecule has 2 rings (SSSR count). The number of carbonyl (C=O) groups excluding carboxylic acids is 1. The van der Waals surface area contributed by atoms with Crippen molar-refractivity contribution in [3.8, 4) is 0 Å². The minimum Gasteiger partial charge on any atom is -0.450 e. The third-order valence-electron chi connectivity index (χ3n) is 3.27. The lowest BCUT2D eigenvalue weighted by Crippen LogP contribution is -2.45. The van der Waals surface area contributed by atoms with E-state index in [1.54, 1.807) is 17.3 Å². The zero-order chi connectivity index (χ0) is 14.4. The summed E-state index contributed by atoms with van der Waals surface area (Å²) in [5.41, 5.74) is 0.918. The molecule has 7 heteroatoms. The number of hydrogen-bond acceptors (Lipinski definition) is 5. The fourth-order valence-electron chi connectivity index (χ4n) is 2.16. The van der Waals surface area contributed by atoms with Crippen LogP contribution in [0.4, 0.5) is 4.79 Å². The van der Waals surface area contributed by atoms with Gasteiger partial charge in [-0.25, -0.2) is 9.78 Å². The molecule has 6 nitrogen and oxygen atoms in total. The molecule has 1 aromatic heterocycles. The summed E-state index contributed by atoms with van der Waals surface area (Å²) in [6, 6.07) is 0.408. The Balaban J connectivity index is 1.72. The van der Waals surface area contributed by atoms with Crippen LogP contribution in [0, 0.1) is 0 Å². The lowest BCUT2D eigenvalue weighted by Gasteiger charge is -2.31. The number of nitrogens with one attached hydrogen (secondary N) is 1. The average Bonchev–Trinajstić information content (AvgIpc) is 2.47. The standard InChI is InChI=1S/C13H19BrN4O2/c1-2-20-13(19)18-5-3-10(4-6-18)15-7-11-8-17-12(14)9-16-11/h8-10,15H,2-7H2,1H3.